The summed E-state index contributed by atoms with van der Waals surface area (Å²) in [5, 5.41) is 4.76. The van der Waals surface area contributed by atoms with Gasteiger partial charge in [0.2, 0.25) is 5.88 Å². The van der Waals surface area contributed by atoms with E-state index in [1.54, 1.807) is 0 Å². The second-order valence-corrected chi connectivity index (χ2v) is 5.70. The molecule has 0 amide bonds. The zero-order valence-electron chi connectivity index (χ0n) is 13.1. The molecule has 0 unspecified atom stereocenters. The van der Waals surface area contributed by atoms with Crippen molar-refractivity contribution in [3.63, 3.8) is 0 Å². The first-order valence-electron chi connectivity index (χ1n) is 7.78. The third kappa shape index (κ3) is 2.75. The van der Waals surface area contributed by atoms with Crippen molar-refractivity contribution in [1.29, 1.82) is 0 Å². The molecule has 0 aliphatic carbocycles. The summed E-state index contributed by atoms with van der Waals surface area (Å²) in [6.45, 7) is 8.52. The summed E-state index contributed by atoms with van der Waals surface area (Å²) in [5.41, 5.74) is 4.06. The van der Waals surface area contributed by atoms with Crippen LogP contribution in [-0.4, -0.2) is 34.4 Å². The number of fused-ring (bicyclic) bond motifs is 1. The normalized spacial score (nSPS) is 16.5. The van der Waals surface area contributed by atoms with Gasteiger partial charge in [0.1, 0.15) is 0 Å². The Kier molecular flexibility index (Phi) is 4.10. The molecule has 1 fully saturated rings. The fourth-order valence-electron chi connectivity index (χ4n) is 2.75. The van der Waals surface area contributed by atoms with Crippen molar-refractivity contribution in [3.05, 3.63) is 23.0 Å². The summed E-state index contributed by atoms with van der Waals surface area (Å²) in [6.07, 6.45) is 3.05. The Morgan fingerprint density at radius 1 is 1.33 bits per heavy atom. The van der Waals surface area contributed by atoms with E-state index in [2.05, 4.69) is 18.0 Å². The van der Waals surface area contributed by atoms with Crippen LogP contribution in [-0.2, 0) is 4.74 Å². The maximum absolute atomic E-state index is 5.92. The van der Waals surface area contributed by atoms with Gasteiger partial charge in [-0.1, -0.05) is 6.92 Å². The monoisotopic (exact) mass is 289 g/mol. The van der Waals surface area contributed by atoms with E-state index >= 15 is 0 Å². The first-order valence-corrected chi connectivity index (χ1v) is 7.78. The maximum atomic E-state index is 5.92. The van der Waals surface area contributed by atoms with Crippen molar-refractivity contribution in [2.75, 3.05) is 19.8 Å². The highest BCUT2D eigenvalue weighted by Gasteiger charge is 2.21. The molecule has 21 heavy (non-hydrogen) atoms. The Hall–Kier alpha value is -1.62. The van der Waals surface area contributed by atoms with Crippen LogP contribution >= 0.6 is 0 Å². The van der Waals surface area contributed by atoms with Gasteiger partial charge in [0.15, 0.2) is 5.65 Å². The third-order valence-corrected chi connectivity index (χ3v) is 4.13. The average Bonchev–Trinajstić information content (AvgIpc) is 2.92. The zero-order chi connectivity index (χ0) is 14.8. The Morgan fingerprint density at radius 2 is 2.10 bits per heavy atom. The largest absolute Gasteiger partial charge is 0.477 e. The fraction of sp³-hybridized carbons (Fsp3) is 0.625. The van der Waals surface area contributed by atoms with Gasteiger partial charge in [0.05, 0.1) is 12.3 Å². The lowest BCUT2D eigenvalue weighted by molar-refractivity contribution is 0.0844. The topological polar surface area (TPSA) is 48.7 Å². The van der Waals surface area contributed by atoms with Gasteiger partial charge >= 0.3 is 0 Å². The van der Waals surface area contributed by atoms with Crippen molar-refractivity contribution in [2.24, 2.45) is 0 Å². The van der Waals surface area contributed by atoms with Gasteiger partial charge in [0.25, 0.3) is 0 Å². The smallest absolute Gasteiger partial charge is 0.221 e. The molecule has 0 N–H and O–H groups in total. The van der Waals surface area contributed by atoms with Gasteiger partial charge in [-0.2, -0.15) is 9.61 Å². The SMILES string of the molecule is CCCOc1c(C)c(C)nc2cc(C3CCOCC3)nn12. The number of ether oxygens (including phenoxy) is 2. The Balaban J connectivity index is 2.02. The van der Waals surface area contributed by atoms with E-state index in [0.29, 0.717) is 12.5 Å². The van der Waals surface area contributed by atoms with Crippen molar-refractivity contribution < 1.29 is 9.47 Å². The highest BCUT2D eigenvalue weighted by atomic mass is 16.5. The molecule has 1 aliphatic heterocycles. The zero-order valence-corrected chi connectivity index (χ0v) is 13.1. The van der Waals surface area contributed by atoms with Gasteiger partial charge in [-0.25, -0.2) is 4.98 Å². The van der Waals surface area contributed by atoms with Crippen molar-refractivity contribution in [1.82, 2.24) is 14.6 Å². The van der Waals surface area contributed by atoms with Crippen LogP contribution in [0.3, 0.4) is 0 Å². The number of hydrogen-bond acceptors (Lipinski definition) is 4. The molecule has 114 valence electrons. The molecule has 5 nitrogen and oxygen atoms in total. The summed E-state index contributed by atoms with van der Waals surface area (Å²) in [5.74, 6) is 1.30. The quantitative estimate of drug-likeness (QED) is 0.868. The van der Waals surface area contributed by atoms with E-state index in [0.717, 1.165) is 61.0 Å². The third-order valence-electron chi connectivity index (χ3n) is 4.13. The molecule has 0 saturated carbocycles. The van der Waals surface area contributed by atoms with Crippen LogP contribution < -0.4 is 4.74 Å². The van der Waals surface area contributed by atoms with Gasteiger partial charge in [0, 0.05) is 36.5 Å². The fourth-order valence-corrected chi connectivity index (χ4v) is 2.75. The Morgan fingerprint density at radius 3 is 2.81 bits per heavy atom. The number of aryl methyl sites for hydroxylation is 1. The van der Waals surface area contributed by atoms with Crippen molar-refractivity contribution in [2.45, 2.75) is 46.0 Å². The van der Waals surface area contributed by atoms with Crippen LogP contribution in [0, 0.1) is 13.8 Å². The van der Waals surface area contributed by atoms with E-state index in [1.807, 2.05) is 18.4 Å². The van der Waals surface area contributed by atoms with E-state index in [1.165, 1.54) is 0 Å². The minimum atomic E-state index is 0.472. The predicted octanol–water partition coefficient (Wildman–Crippen LogP) is 3.03. The predicted molar refractivity (Wildman–Crippen MR) is 81.0 cm³/mol. The first kappa shape index (κ1) is 14.3. The lowest BCUT2D eigenvalue weighted by Gasteiger charge is -2.19. The summed E-state index contributed by atoms with van der Waals surface area (Å²) >= 11 is 0. The standard InChI is InChI=1S/C16H23N3O2/c1-4-7-21-16-11(2)12(3)17-15-10-14(18-19(15)16)13-5-8-20-9-6-13/h10,13H,4-9H2,1-3H3. The molecule has 2 aromatic rings. The lowest BCUT2D eigenvalue weighted by Crippen LogP contribution is -2.14. The van der Waals surface area contributed by atoms with Gasteiger partial charge in [-0.15, -0.1) is 0 Å². The molecule has 0 radical (unpaired) electrons. The molecule has 0 spiro atoms. The van der Waals surface area contributed by atoms with Crippen LogP contribution in [0.2, 0.25) is 0 Å². The van der Waals surface area contributed by atoms with Crippen LogP contribution in [0.25, 0.3) is 5.65 Å². The van der Waals surface area contributed by atoms with Crippen LogP contribution in [0.5, 0.6) is 5.88 Å². The highest BCUT2D eigenvalue weighted by molar-refractivity contribution is 5.47. The van der Waals surface area contributed by atoms with Gasteiger partial charge in [-0.3, -0.25) is 0 Å². The number of aromatic nitrogens is 3. The van der Waals surface area contributed by atoms with Crippen LogP contribution in [0.4, 0.5) is 0 Å². The molecule has 1 saturated heterocycles. The summed E-state index contributed by atoms with van der Waals surface area (Å²) in [7, 11) is 0. The highest BCUT2D eigenvalue weighted by Crippen LogP contribution is 2.29. The van der Waals surface area contributed by atoms with Crippen LogP contribution in [0.15, 0.2) is 6.07 Å². The number of hydrogen-bond donors (Lipinski definition) is 0. The second kappa shape index (κ2) is 6.02. The van der Waals surface area contributed by atoms with Crippen LogP contribution in [0.1, 0.15) is 49.1 Å². The second-order valence-electron chi connectivity index (χ2n) is 5.70. The Bertz CT molecular complexity index is 630. The summed E-state index contributed by atoms with van der Waals surface area (Å²) < 4.78 is 13.2. The molecule has 0 aromatic carbocycles. The lowest BCUT2D eigenvalue weighted by atomic mass is 9.97. The summed E-state index contributed by atoms with van der Waals surface area (Å²) in [6, 6.07) is 2.10. The van der Waals surface area contributed by atoms with Crippen molar-refractivity contribution >= 4 is 5.65 Å². The van der Waals surface area contributed by atoms with E-state index in [4.69, 9.17) is 14.6 Å². The molecular formula is C16H23N3O2. The molecule has 5 heteroatoms. The van der Waals surface area contributed by atoms with Gasteiger partial charge in [-0.05, 0) is 33.1 Å². The van der Waals surface area contributed by atoms with Crippen molar-refractivity contribution in [3.8, 4) is 5.88 Å². The Labute approximate surface area is 125 Å². The van der Waals surface area contributed by atoms with E-state index in [9.17, 15) is 0 Å². The number of rotatable bonds is 4. The van der Waals surface area contributed by atoms with E-state index in [-0.39, 0.29) is 0 Å². The first-order chi connectivity index (χ1) is 10.2. The molecular weight excluding hydrogens is 266 g/mol. The minimum Gasteiger partial charge on any atom is -0.477 e. The molecule has 2 aromatic heterocycles. The minimum absolute atomic E-state index is 0.472. The van der Waals surface area contributed by atoms with E-state index < -0.39 is 0 Å². The molecule has 3 heterocycles. The van der Waals surface area contributed by atoms with Gasteiger partial charge < -0.3 is 9.47 Å². The molecule has 0 atom stereocenters. The molecule has 1 aliphatic rings. The average molecular weight is 289 g/mol. The summed E-state index contributed by atoms with van der Waals surface area (Å²) in [4.78, 5) is 4.65. The molecule has 3 rings (SSSR count). The molecule has 0 bridgehead atoms. The number of nitrogens with zero attached hydrogens (tertiary/aromatic N) is 3. The maximum Gasteiger partial charge on any atom is 0.221 e.